The Balaban J connectivity index is 1.80. The van der Waals surface area contributed by atoms with Crippen molar-refractivity contribution in [3.8, 4) is 0 Å². The summed E-state index contributed by atoms with van der Waals surface area (Å²) in [6.07, 6.45) is 12.1. The lowest BCUT2D eigenvalue weighted by Crippen LogP contribution is -2.28. The number of fused-ring (bicyclic) bond motifs is 1. The Morgan fingerprint density at radius 1 is 1.38 bits per heavy atom. The van der Waals surface area contributed by atoms with Crippen molar-refractivity contribution in [2.75, 3.05) is 33.7 Å². The minimum Gasteiger partial charge on any atom is -0.392 e. The van der Waals surface area contributed by atoms with Crippen molar-refractivity contribution in [1.82, 2.24) is 10.2 Å². The second kappa shape index (κ2) is 10.0. The summed E-state index contributed by atoms with van der Waals surface area (Å²) in [5, 5.41) is 24.4. The first-order valence-electron chi connectivity index (χ1n) is 10.4. The molecule has 1 fully saturated rings. The Labute approximate surface area is 160 Å². The van der Waals surface area contributed by atoms with Gasteiger partial charge in [0.15, 0.2) is 0 Å². The van der Waals surface area contributed by atoms with Crippen molar-refractivity contribution in [3.63, 3.8) is 0 Å². The lowest BCUT2D eigenvalue weighted by atomic mass is 9.88. The smallest absolute Gasteiger partial charge is 0.0654 e. The average Bonchev–Trinajstić information content (AvgIpc) is 3.07. The van der Waals surface area contributed by atoms with E-state index >= 15 is 0 Å². The summed E-state index contributed by atoms with van der Waals surface area (Å²) in [5.74, 6) is 1.29. The second-order valence-corrected chi connectivity index (χ2v) is 8.95. The highest BCUT2D eigenvalue weighted by atomic mass is 16.3. The number of hydrogen-bond donors (Lipinski definition) is 3. The van der Waals surface area contributed by atoms with Crippen LogP contribution in [-0.4, -0.2) is 60.5 Å². The molecule has 0 aromatic rings. The summed E-state index contributed by atoms with van der Waals surface area (Å²) in [6, 6.07) is 0. The molecule has 26 heavy (non-hydrogen) atoms. The van der Waals surface area contributed by atoms with E-state index < -0.39 is 5.60 Å². The highest BCUT2D eigenvalue weighted by Crippen LogP contribution is 2.47. The van der Waals surface area contributed by atoms with Gasteiger partial charge in [0.25, 0.3) is 0 Å². The average molecular weight is 365 g/mol. The molecule has 0 unspecified atom stereocenters. The summed E-state index contributed by atoms with van der Waals surface area (Å²) in [7, 11) is 4.19. The van der Waals surface area contributed by atoms with Crippen molar-refractivity contribution in [2.24, 2.45) is 17.8 Å². The predicted molar refractivity (Wildman–Crippen MR) is 109 cm³/mol. The van der Waals surface area contributed by atoms with Crippen molar-refractivity contribution < 1.29 is 10.2 Å². The zero-order valence-corrected chi connectivity index (χ0v) is 17.2. The van der Waals surface area contributed by atoms with Gasteiger partial charge in [0.2, 0.25) is 0 Å². The Kier molecular flexibility index (Phi) is 8.34. The van der Waals surface area contributed by atoms with Crippen molar-refractivity contribution in [1.29, 1.82) is 0 Å². The van der Waals surface area contributed by atoms with Gasteiger partial charge < -0.3 is 20.4 Å². The van der Waals surface area contributed by atoms with E-state index in [-0.39, 0.29) is 12.0 Å². The molecule has 0 saturated heterocycles. The van der Waals surface area contributed by atoms with Crippen LogP contribution in [0.15, 0.2) is 23.8 Å². The van der Waals surface area contributed by atoms with Crippen LogP contribution in [0, 0.1) is 17.8 Å². The summed E-state index contributed by atoms with van der Waals surface area (Å²) < 4.78 is 0. The first kappa shape index (κ1) is 21.6. The number of likely N-dealkylation sites (N-methyl/N-ethyl adjacent to an activating group) is 1. The molecule has 4 nitrogen and oxygen atoms in total. The van der Waals surface area contributed by atoms with Gasteiger partial charge in [-0.05, 0) is 58.5 Å². The molecule has 0 aromatic heterocycles. The molecular weight excluding hydrogens is 324 g/mol. The molecule has 1 saturated carbocycles. The quantitative estimate of drug-likeness (QED) is 0.390. The maximum absolute atomic E-state index is 10.5. The molecule has 0 spiro atoms. The minimum atomic E-state index is -0.620. The molecule has 0 bridgehead atoms. The molecule has 5 atom stereocenters. The molecule has 3 N–H and O–H groups in total. The van der Waals surface area contributed by atoms with Crippen LogP contribution in [-0.2, 0) is 0 Å². The first-order valence-corrected chi connectivity index (χ1v) is 10.4. The molecule has 150 valence electrons. The van der Waals surface area contributed by atoms with Gasteiger partial charge in [0, 0.05) is 25.6 Å². The number of hydrogen-bond acceptors (Lipinski definition) is 4. The van der Waals surface area contributed by atoms with Crippen molar-refractivity contribution in [3.05, 3.63) is 23.8 Å². The highest BCUT2D eigenvalue weighted by Gasteiger charge is 2.43. The highest BCUT2D eigenvalue weighted by molar-refractivity contribution is 5.21. The van der Waals surface area contributed by atoms with E-state index in [0.717, 1.165) is 51.7 Å². The number of unbranched alkanes of at least 4 members (excludes halogenated alkanes) is 1. The van der Waals surface area contributed by atoms with Crippen LogP contribution in [0.2, 0.25) is 0 Å². The van der Waals surface area contributed by atoms with Gasteiger partial charge in [-0.1, -0.05) is 43.6 Å². The van der Waals surface area contributed by atoms with Gasteiger partial charge in [-0.15, -0.1) is 0 Å². The topological polar surface area (TPSA) is 55.7 Å². The van der Waals surface area contributed by atoms with E-state index in [0.29, 0.717) is 18.3 Å². The summed E-state index contributed by atoms with van der Waals surface area (Å²) in [4.78, 5) is 2.19. The van der Waals surface area contributed by atoms with Crippen LogP contribution in [0.5, 0.6) is 0 Å². The Bertz CT molecular complexity index is 485. The molecule has 4 heteroatoms. The normalized spacial score (nSPS) is 30.8. The van der Waals surface area contributed by atoms with Crippen LogP contribution < -0.4 is 5.32 Å². The Morgan fingerprint density at radius 2 is 2.15 bits per heavy atom. The van der Waals surface area contributed by atoms with Gasteiger partial charge in [-0.2, -0.15) is 0 Å². The molecular formula is C22H40N2O2. The number of nitrogens with one attached hydrogen (secondary N) is 1. The van der Waals surface area contributed by atoms with E-state index in [4.69, 9.17) is 0 Å². The number of allylic oxidation sites excluding steroid dienone is 1. The van der Waals surface area contributed by atoms with E-state index in [1.54, 1.807) is 0 Å². The second-order valence-electron chi connectivity index (χ2n) is 8.95. The van der Waals surface area contributed by atoms with Gasteiger partial charge in [0.05, 0.1) is 11.7 Å². The van der Waals surface area contributed by atoms with E-state index in [2.05, 4.69) is 49.5 Å². The maximum Gasteiger partial charge on any atom is 0.0654 e. The van der Waals surface area contributed by atoms with Gasteiger partial charge in [-0.3, -0.25) is 0 Å². The van der Waals surface area contributed by atoms with E-state index in [1.165, 1.54) is 5.57 Å². The fourth-order valence-corrected chi connectivity index (χ4v) is 4.43. The van der Waals surface area contributed by atoms with Crippen molar-refractivity contribution in [2.45, 2.75) is 64.1 Å². The summed E-state index contributed by atoms with van der Waals surface area (Å²) >= 11 is 0. The first-order chi connectivity index (χ1) is 12.3. The third-order valence-corrected chi connectivity index (χ3v) is 6.02. The molecule has 0 heterocycles. The number of aliphatic hydroxyl groups excluding tert-OH is 1. The van der Waals surface area contributed by atoms with E-state index in [9.17, 15) is 10.2 Å². The van der Waals surface area contributed by atoms with Gasteiger partial charge in [0.1, 0.15) is 0 Å². The molecule has 2 rings (SSSR count). The number of aliphatic hydroxyl groups is 2. The fourth-order valence-electron chi connectivity index (χ4n) is 4.43. The number of rotatable bonds is 11. The molecule has 0 radical (unpaired) electrons. The van der Waals surface area contributed by atoms with Crippen LogP contribution in [0.1, 0.15) is 52.4 Å². The van der Waals surface area contributed by atoms with Crippen LogP contribution >= 0.6 is 0 Å². The lowest BCUT2D eigenvalue weighted by molar-refractivity contribution is 0.0513. The molecule has 0 aliphatic heterocycles. The van der Waals surface area contributed by atoms with Gasteiger partial charge >= 0.3 is 0 Å². The minimum absolute atomic E-state index is 0.234. The standard InChI is InChI=1S/C22H40N2O2/c1-5-6-9-22(2,26)10-7-8-19-20-14-17(13-18(20)15-21(19)25)16-23-11-12-24(3)4/h7-8,13,18-21,23,25-26H,5-6,9-12,14-16H2,1-4H3/b8-7+/t18-,19+,20-,21+,22-/m0/s1. The van der Waals surface area contributed by atoms with Crippen LogP contribution in [0.3, 0.4) is 0 Å². The third kappa shape index (κ3) is 6.49. The molecule has 2 aliphatic rings. The lowest BCUT2D eigenvalue weighted by Gasteiger charge is -2.22. The van der Waals surface area contributed by atoms with Crippen LogP contribution in [0.4, 0.5) is 0 Å². The van der Waals surface area contributed by atoms with E-state index in [1.807, 2.05) is 6.92 Å². The maximum atomic E-state index is 10.5. The zero-order chi connectivity index (χ0) is 19.2. The Morgan fingerprint density at radius 3 is 2.85 bits per heavy atom. The summed E-state index contributed by atoms with van der Waals surface area (Å²) in [6.45, 7) is 7.12. The molecule has 0 amide bonds. The third-order valence-electron chi connectivity index (χ3n) is 6.02. The zero-order valence-electron chi connectivity index (χ0n) is 17.2. The van der Waals surface area contributed by atoms with Crippen molar-refractivity contribution >= 4 is 0 Å². The fraction of sp³-hybridized carbons (Fsp3) is 0.818. The number of nitrogens with zero attached hydrogens (tertiary/aromatic N) is 1. The van der Waals surface area contributed by atoms with Gasteiger partial charge in [-0.25, -0.2) is 0 Å². The molecule has 2 aliphatic carbocycles. The monoisotopic (exact) mass is 364 g/mol. The largest absolute Gasteiger partial charge is 0.392 e. The molecule has 0 aromatic carbocycles. The predicted octanol–water partition coefficient (Wildman–Crippen LogP) is 2.97. The summed E-state index contributed by atoms with van der Waals surface area (Å²) in [5.41, 5.74) is 0.879. The van der Waals surface area contributed by atoms with Crippen LogP contribution in [0.25, 0.3) is 0 Å². The SMILES string of the molecule is CCCC[C@](C)(O)C/C=C/[C@@H]1[C@H]2CC(CNCCN(C)C)=C[C@H]2C[C@H]1O. The Hall–Kier alpha value is -0.680.